The van der Waals surface area contributed by atoms with E-state index in [2.05, 4.69) is 17.1 Å². The first-order valence-electron chi connectivity index (χ1n) is 7.74. The van der Waals surface area contributed by atoms with E-state index >= 15 is 0 Å². The lowest BCUT2D eigenvalue weighted by atomic mass is 9.80. The topological polar surface area (TPSA) is 104 Å². The maximum atomic E-state index is 10.2. The Morgan fingerprint density at radius 3 is 2.54 bits per heavy atom. The number of aliphatic imine (C=N–C) groups is 1. The highest BCUT2D eigenvalue weighted by Crippen LogP contribution is 2.86. The van der Waals surface area contributed by atoms with Crippen LogP contribution in [0.3, 0.4) is 0 Å². The van der Waals surface area contributed by atoms with Crippen LogP contribution in [0.5, 0.6) is 0 Å². The minimum absolute atomic E-state index is 0.0928. The van der Waals surface area contributed by atoms with E-state index in [1.807, 2.05) is 13.0 Å². The second-order valence-corrected chi connectivity index (χ2v) is 6.71. The summed E-state index contributed by atoms with van der Waals surface area (Å²) in [4.78, 5) is 4.30. The van der Waals surface area contributed by atoms with Crippen LogP contribution >= 0.6 is 11.6 Å². The zero-order valence-electron chi connectivity index (χ0n) is 13.0. The molecule has 3 atom stereocenters. The molecular weight excluding hydrogens is 328 g/mol. The van der Waals surface area contributed by atoms with E-state index in [-0.39, 0.29) is 5.84 Å². The van der Waals surface area contributed by atoms with Gasteiger partial charge in [0.05, 0.1) is 30.8 Å². The summed E-state index contributed by atoms with van der Waals surface area (Å²) < 4.78 is 11.5. The summed E-state index contributed by atoms with van der Waals surface area (Å²) in [6, 6.07) is 11.8. The molecule has 122 valence electrons. The Bertz CT molecular complexity index is 851. The molecule has 2 fully saturated rings. The Kier molecular flexibility index (Phi) is 2.88. The van der Waals surface area contributed by atoms with Gasteiger partial charge in [-0.15, -0.1) is 0 Å². The molecule has 24 heavy (non-hydrogen) atoms. The van der Waals surface area contributed by atoms with Gasteiger partial charge in [-0.3, -0.25) is 0 Å². The van der Waals surface area contributed by atoms with Gasteiger partial charge in [-0.25, -0.2) is 4.99 Å². The molecular formula is C17H15ClN4O2. The van der Waals surface area contributed by atoms with Gasteiger partial charge < -0.3 is 15.2 Å². The van der Waals surface area contributed by atoms with Gasteiger partial charge in [0.15, 0.2) is 10.8 Å². The van der Waals surface area contributed by atoms with E-state index < -0.39 is 22.2 Å². The van der Waals surface area contributed by atoms with E-state index in [1.165, 1.54) is 0 Å². The first-order chi connectivity index (χ1) is 11.5. The number of hydrogen-bond acceptors (Lipinski definition) is 6. The molecule has 0 amide bonds. The number of benzene rings is 1. The van der Waals surface area contributed by atoms with Gasteiger partial charge in [0.25, 0.3) is 5.91 Å². The first kappa shape index (κ1) is 15.4. The van der Waals surface area contributed by atoms with Crippen molar-refractivity contribution in [3.8, 4) is 12.1 Å². The highest BCUT2D eigenvalue weighted by atomic mass is 35.5. The SMILES string of the molecule is CC[C@]1(c2cccc(Cl)c2)[C@]2(C#N)C(N)=NC3(OCCO3)[C@@]21C#N. The Hall–Kier alpha value is -2.12. The quantitative estimate of drug-likeness (QED) is 0.886. The zero-order valence-corrected chi connectivity index (χ0v) is 13.8. The second kappa shape index (κ2) is 4.49. The number of hydrogen-bond donors (Lipinski definition) is 1. The minimum Gasteiger partial charge on any atom is -0.386 e. The zero-order chi connectivity index (χ0) is 17.2. The van der Waals surface area contributed by atoms with Crippen molar-refractivity contribution in [3.05, 3.63) is 34.9 Å². The number of amidine groups is 1. The van der Waals surface area contributed by atoms with Crippen molar-refractivity contribution in [2.45, 2.75) is 24.7 Å². The number of nitrogens with two attached hydrogens (primary N) is 1. The third-order valence-corrected chi connectivity index (χ3v) is 6.00. The van der Waals surface area contributed by atoms with Gasteiger partial charge in [0.2, 0.25) is 0 Å². The van der Waals surface area contributed by atoms with Gasteiger partial charge in [-0.1, -0.05) is 30.7 Å². The first-order valence-corrected chi connectivity index (χ1v) is 8.12. The smallest absolute Gasteiger partial charge is 0.293 e. The van der Waals surface area contributed by atoms with Crippen molar-refractivity contribution >= 4 is 17.4 Å². The molecule has 6 nitrogen and oxygen atoms in total. The van der Waals surface area contributed by atoms with E-state index in [9.17, 15) is 10.5 Å². The van der Waals surface area contributed by atoms with Crippen LogP contribution in [-0.2, 0) is 14.9 Å². The molecule has 1 aromatic carbocycles. The molecule has 2 N–H and O–H groups in total. The average Bonchev–Trinajstić information content (AvgIpc) is 2.79. The summed E-state index contributed by atoms with van der Waals surface area (Å²) >= 11 is 6.17. The van der Waals surface area contributed by atoms with Gasteiger partial charge in [-0.2, -0.15) is 10.5 Å². The number of fused-ring (bicyclic) bond motifs is 2. The van der Waals surface area contributed by atoms with Crippen molar-refractivity contribution in [2.24, 2.45) is 21.6 Å². The average molecular weight is 343 g/mol. The fourth-order valence-corrected chi connectivity index (χ4v) is 5.15. The van der Waals surface area contributed by atoms with Gasteiger partial charge >= 0.3 is 0 Å². The van der Waals surface area contributed by atoms with Crippen molar-refractivity contribution in [1.82, 2.24) is 0 Å². The van der Waals surface area contributed by atoms with Crippen LogP contribution < -0.4 is 5.73 Å². The van der Waals surface area contributed by atoms with E-state index in [1.54, 1.807) is 18.2 Å². The van der Waals surface area contributed by atoms with Crippen LogP contribution in [0.15, 0.2) is 29.3 Å². The third kappa shape index (κ3) is 1.20. The van der Waals surface area contributed by atoms with Crippen LogP contribution in [0.2, 0.25) is 5.02 Å². The largest absolute Gasteiger partial charge is 0.386 e. The van der Waals surface area contributed by atoms with Gasteiger partial charge in [0, 0.05) is 5.02 Å². The normalized spacial score (nSPS) is 38.2. The van der Waals surface area contributed by atoms with E-state index in [4.69, 9.17) is 26.8 Å². The lowest BCUT2D eigenvalue weighted by Gasteiger charge is -2.31. The van der Waals surface area contributed by atoms with Gasteiger partial charge in [-0.05, 0) is 24.1 Å². The van der Waals surface area contributed by atoms with Crippen molar-refractivity contribution in [3.63, 3.8) is 0 Å². The Labute approximate surface area is 144 Å². The Balaban J connectivity index is 2.05. The Morgan fingerprint density at radius 2 is 2.00 bits per heavy atom. The molecule has 3 aliphatic rings. The summed E-state index contributed by atoms with van der Waals surface area (Å²) in [7, 11) is 0. The van der Waals surface area contributed by atoms with Crippen LogP contribution in [0.4, 0.5) is 0 Å². The third-order valence-electron chi connectivity index (χ3n) is 5.77. The number of ether oxygens (including phenoxy) is 2. The number of rotatable bonds is 2. The van der Waals surface area contributed by atoms with Gasteiger partial charge in [0.1, 0.15) is 5.84 Å². The number of nitriles is 2. The predicted octanol–water partition coefficient (Wildman–Crippen LogP) is 2.09. The van der Waals surface area contributed by atoms with Crippen LogP contribution in [0.25, 0.3) is 0 Å². The maximum Gasteiger partial charge on any atom is 0.293 e. The second-order valence-electron chi connectivity index (χ2n) is 6.27. The van der Waals surface area contributed by atoms with Crippen molar-refractivity contribution < 1.29 is 9.47 Å². The molecule has 0 radical (unpaired) electrons. The standard InChI is InChI=1S/C17H15ClN4O2/c1-2-14(11-4-3-5-12(18)8-11)15(9-19)13(21)22-17(16(14,15)10-20)23-6-7-24-17/h3-5,8H,2,6-7H2,1H3,(H2,21,22)/t14-,15-,16+/m0/s1. The number of nitrogens with zero attached hydrogens (tertiary/aromatic N) is 3. The molecule has 4 rings (SSSR count). The molecule has 0 unspecified atom stereocenters. The summed E-state index contributed by atoms with van der Waals surface area (Å²) in [5.41, 5.74) is 3.46. The minimum atomic E-state index is -1.53. The highest BCUT2D eigenvalue weighted by Gasteiger charge is 3.01. The van der Waals surface area contributed by atoms with Crippen molar-refractivity contribution in [1.29, 1.82) is 10.5 Å². The number of halogens is 1. The fourth-order valence-electron chi connectivity index (χ4n) is 4.96. The molecule has 1 aliphatic carbocycles. The molecule has 1 saturated carbocycles. The van der Waals surface area contributed by atoms with Crippen LogP contribution in [-0.4, -0.2) is 25.0 Å². The molecule has 2 aliphatic heterocycles. The lowest BCUT2D eigenvalue weighted by Crippen LogP contribution is -2.42. The van der Waals surface area contributed by atoms with E-state index in [0.717, 1.165) is 5.56 Å². The summed E-state index contributed by atoms with van der Waals surface area (Å²) in [5.74, 6) is -1.44. The molecule has 1 aromatic rings. The lowest BCUT2D eigenvalue weighted by molar-refractivity contribution is -0.188. The van der Waals surface area contributed by atoms with Crippen LogP contribution in [0.1, 0.15) is 18.9 Å². The highest BCUT2D eigenvalue weighted by molar-refractivity contribution is 6.30. The van der Waals surface area contributed by atoms with E-state index in [0.29, 0.717) is 24.7 Å². The molecule has 2 heterocycles. The van der Waals surface area contributed by atoms with Crippen molar-refractivity contribution in [2.75, 3.05) is 13.2 Å². The summed E-state index contributed by atoms with van der Waals surface area (Å²) in [6.45, 7) is 2.53. The monoisotopic (exact) mass is 342 g/mol. The summed E-state index contributed by atoms with van der Waals surface area (Å²) in [6.07, 6.45) is 0.499. The summed E-state index contributed by atoms with van der Waals surface area (Å²) in [5, 5.41) is 20.8. The fraction of sp³-hybridized carbons (Fsp3) is 0.471. The predicted molar refractivity (Wildman–Crippen MR) is 85.8 cm³/mol. The molecule has 7 heteroatoms. The molecule has 0 aromatic heterocycles. The molecule has 0 bridgehead atoms. The van der Waals surface area contributed by atoms with Crippen LogP contribution in [0, 0.1) is 33.5 Å². The maximum absolute atomic E-state index is 10.2. The molecule has 1 saturated heterocycles. The molecule has 1 spiro atoms. The Morgan fingerprint density at radius 1 is 1.29 bits per heavy atom.